The lowest BCUT2D eigenvalue weighted by Crippen LogP contribution is -2.34. The summed E-state index contributed by atoms with van der Waals surface area (Å²) < 4.78 is 0. The number of benzene rings is 2. The van der Waals surface area contributed by atoms with Crippen LogP contribution in [0.1, 0.15) is 55.6 Å². The highest BCUT2D eigenvalue weighted by Gasteiger charge is 2.39. The van der Waals surface area contributed by atoms with Crippen LogP contribution in [0.25, 0.3) is 0 Å². The summed E-state index contributed by atoms with van der Waals surface area (Å²) in [4.78, 5) is 0. The normalized spacial score (nSPS) is 26.8. The second-order valence-electron chi connectivity index (χ2n) is 6.21. The fourth-order valence-corrected chi connectivity index (χ4v) is 3.71. The molecule has 0 aromatic heterocycles. The van der Waals surface area contributed by atoms with E-state index in [1.165, 1.54) is 24.8 Å². The summed E-state index contributed by atoms with van der Waals surface area (Å²) in [5, 5.41) is 11.6. The molecule has 0 unspecified atom stereocenters. The molecule has 0 heterocycles. The van der Waals surface area contributed by atoms with Gasteiger partial charge in [0.05, 0.1) is 5.60 Å². The predicted molar refractivity (Wildman–Crippen MR) is 87.2 cm³/mol. The highest BCUT2D eigenvalue weighted by molar-refractivity contribution is 5.31. The second-order valence-corrected chi connectivity index (χ2v) is 6.21. The summed E-state index contributed by atoms with van der Waals surface area (Å²) in [6, 6.07) is 20.8. The summed E-state index contributed by atoms with van der Waals surface area (Å²) in [7, 11) is 0. The maximum atomic E-state index is 11.6. The van der Waals surface area contributed by atoms with Gasteiger partial charge >= 0.3 is 0 Å². The standard InChI is InChI=1S/C20H24O/c21-20(18-13-7-4-8-14-18)16-10-2-1-9-15-19(20)17-11-5-3-6-12-17/h3-8,11-14,19,21H,1-2,9-10,15-16H2/t19-,20+/m1/s1. The summed E-state index contributed by atoms with van der Waals surface area (Å²) in [6.45, 7) is 0. The zero-order valence-corrected chi connectivity index (χ0v) is 12.5. The fourth-order valence-electron chi connectivity index (χ4n) is 3.71. The third-order valence-electron chi connectivity index (χ3n) is 4.85. The second kappa shape index (κ2) is 6.44. The van der Waals surface area contributed by atoms with Gasteiger partial charge in [0, 0.05) is 5.92 Å². The summed E-state index contributed by atoms with van der Waals surface area (Å²) in [5.41, 5.74) is 1.61. The molecule has 1 aliphatic rings. The average Bonchev–Trinajstić information content (AvgIpc) is 2.53. The molecule has 1 saturated carbocycles. The molecule has 0 bridgehead atoms. The van der Waals surface area contributed by atoms with Gasteiger partial charge in [0.25, 0.3) is 0 Å². The molecule has 2 aromatic rings. The Labute approximate surface area is 127 Å². The quantitative estimate of drug-likeness (QED) is 0.819. The van der Waals surface area contributed by atoms with E-state index < -0.39 is 5.60 Å². The van der Waals surface area contributed by atoms with Crippen molar-refractivity contribution in [3.63, 3.8) is 0 Å². The number of aliphatic hydroxyl groups is 1. The van der Waals surface area contributed by atoms with Crippen molar-refractivity contribution < 1.29 is 5.11 Å². The van der Waals surface area contributed by atoms with Crippen LogP contribution < -0.4 is 0 Å². The minimum Gasteiger partial charge on any atom is -0.385 e. The zero-order valence-electron chi connectivity index (χ0n) is 12.5. The molecule has 0 aliphatic heterocycles. The molecule has 1 nitrogen and oxygen atoms in total. The van der Waals surface area contributed by atoms with Crippen LogP contribution in [0, 0.1) is 0 Å². The molecule has 3 rings (SSSR count). The van der Waals surface area contributed by atoms with Gasteiger partial charge in [-0.3, -0.25) is 0 Å². The van der Waals surface area contributed by atoms with Gasteiger partial charge in [-0.2, -0.15) is 0 Å². The van der Waals surface area contributed by atoms with Crippen LogP contribution in [0.2, 0.25) is 0 Å². The fraction of sp³-hybridized carbons (Fsp3) is 0.400. The Morgan fingerprint density at radius 1 is 0.762 bits per heavy atom. The van der Waals surface area contributed by atoms with Gasteiger partial charge in [-0.25, -0.2) is 0 Å². The SMILES string of the molecule is O[C@]1(c2ccccc2)CCCCCC[C@@H]1c1ccccc1. The topological polar surface area (TPSA) is 20.2 Å². The molecule has 110 valence electrons. The molecule has 21 heavy (non-hydrogen) atoms. The molecule has 1 N–H and O–H groups in total. The Balaban J connectivity index is 2.02. The first-order chi connectivity index (χ1) is 10.3. The van der Waals surface area contributed by atoms with E-state index in [1.807, 2.05) is 24.3 Å². The minimum atomic E-state index is -0.733. The van der Waals surface area contributed by atoms with Crippen LogP contribution in [0.15, 0.2) is 60.7 Å². The molecule has 2 aromatic carbocycles. The van der Waals surface area contributed by atoms with Crippen LogP contribution in [0.4, 0.5) is 0 Å². The van der Waals surface area contributed by atoms with Gasteiger partial charge in [-0.05, 0) is 24.0 Å². The van der Waals surface area contributed by atoms with E-state index in [-0.39, 0.29) is 5.92 Å². The Morgan fingerprint density at radius 3 is 2.10 bits per heavy atom. The number of hydrogen-bond acceptors (Lipinski definition) is 1. The van der Waals surface area contributed by atoms with E-state index in [4.69, 9.17) is 0 Å². The van der Waals surface area contributed by atoms with Crippen LogP contribution in [-0.2, 0) is 5.60 Å². The highest BCUT2D eigenvalue weighted by Crippen LogP contribution is 2.45. The molecule has 0 spiro atoms. The lowest BCUT2D eigenvalue weighted by Gasteiger charge is -2.39. The van der Waals surface area contributed by atoms with Crippen molar-refractivity contribution in [2.24, 2.45) is 0 Å². The maximum Gasteiger partial charge on any atom is 0.0964 e. The van der Waals surface area contributed by atoms with Crippen LogP contribution in [0.3, 0.4) is 0 Å². The Kier molecular flexibility index (Phi) is 4.40. The van der Waals surface area contributed by atoms with Crippen molar-refractivity contribution in [2.75, 3.05) is 0 Å². The summed E-state index contributed by atoms with van der Waals surface area (Å²) in [6.07, 6.45) is 6.75. The number of rotatable bonds is 2. The predicted octanol–water partition coefficient (Wildman–Crippen LogP) is 5.01. The first-order valence-electron chi connectivity index (χ1n) is 8.13. The van der Waals surface area contributed by atoms with E-state index in [9.17, 15) is 5.11 Å². The van der Waals surface area contributed by atoms with E-state index in [0.717, 1.165) is 24.8 Å². The smallest absolute Gasteiger partial charge is 0.0964 e. The number of hydrogen-bond donors (Lipinski definition) is 1. The van der Waals surface area contributed by atoms with E-state index in [1.54, 1.807) is 0 Å². The molecule has 1 fully saturated rings. The van der Waals surface area contributed by atoms with Gasteiger partial charge in [0.1, 0.15) is 0 Å². The Hall–Kier alpha value is -1.60. The Bertz CT molecular complexity index is 549. The molecule has 1 aliphatic carbocycles. The molecule has 0 radical (unpaired) electrons. The Morgan fingerprint density at radius 2 is 1.38 bits per heavy atom. The average molecular weight is 280 g/mol. The van der Waals surface area contributed by atoms with Gasteiger partial charge < -0.3 is 5.11 Å². The summed E-state index contributed by atoms with van der Waals surface area (Å²) in [5.74, 6) is 0.196. The van der Waals surface area contributed by atoms with Crippen LogP contribution in [-0.4, -0.2) is 5.11 Å². The lowest BCUT2D eigenvalue weighted by atomic mass is 9.71. The molecular weight excluding hydrogens is 256 g/mol. The lowest BCUT2D eigenvalue weighted by molar-refractivity contribution is -0.0114. The highest BCUT2D eigenvalue weighted by atomic mass is 16.3. The largest absolute Gasteiger partial charge is 0.385 e. The van der Waals surface area contributed by atoms with Crippen LogP contribution >= 0.6 is 0 Å². The van der Waals surface area contributed by atoms with Crippen molar-refractivity contribution in [1.29, 1.82) is 0 Å². The van der Waals surface area contributed by atoms with Gasteiger partial charge in [-0.15, -0.1) is 0 Å². The summed E-state index contributed by atoms with van der Waals surface area (Å²) >= 11 is 0. The van der Waals surface area contributed by atoms with Gasteiger partial charge in [0.2, 0.25) is 0 Å². The molecule has 0 saturated heterocycles. The van der Waals surface area contributed by atoms with Gasteiger partial charge in [-0.1, -0.05) is 86.3 Å². The molecular formula is C20H24O. The van der Waals surface area contributed by atoms with Crippen molar-refractivity contribution >= 4 is 0 Å². The van der Waals surface area contributed by atoms with Crippen molar-refractivity contribution in [3.8, 4) is 0 Å². The van der Waals surface area contributed by atoms with Crippen molar-refractivity contribution in [1.82, 2.24) is 0 Å². The van der Waals surface area contributed by atoms with Crippen molar-refractivity contribution in [3.05, 3.63) is 71.8 Å². The third kappa shape index (κ3) is 3.03. The first-order valence-corrected chi connectivity index (χ1v) is 8.13. The van der Waals surface area contributed by atoms with E-state index >= 15 is 0 Å². The monoisotopic (exact) mass is 280 g/mol. The zero-order chi connectivity index (χ0) is 14.5. The molecule has 2 atom stereocenters. The van der Waals surface area contributed by atoms with Crippen molar-refractivity contribution in [2.45, 2.75) is 50.0 Å². The molecule has 1 heteroatoms. The molecule has 0 amide bonds. The van der Waals surface area contributed by atoms with E-state index in [2.05, 4.69) is 36.4 Å². The minimum absolute atomic E-state index is 0.196. The van der Waals surface area contributed by atoms with Crippen LogP contribution in [0.5, 0.6) is 0 Å². The van der Waals surface area contributed by atoms with Gasteiger partial charge in [0.15, 0.2) is 0 Å². The van der Waals surface area contributed by atoms with E-state index in [0.29, 0.717) is 0 Å². The first kappa shape index (κ1) is 14.3. The maximum absolute atomic E-state index is 11.6. The third-order valence-corrected chi connectivity index (χ3v) is 4.85.